The van der Waals surface area contributed by atoms with E-state index in [2.05, 4.69) is 0 Å². The van der Waals surface area contributed by atoms with E-state index in [1.165, 1.54) is 0 Å². The van der Waals surface area contributed by atoms with Gasteiger partial charge in [0.15, 0.2) is 17.4 Å². The van der Waals surface area contributed by atoms with Gasteiger partial charge in [-0.1, -0.05) is 0 Å². The van der Waals surface area contributed by atoms with Crippen LogP contribution in [0.1, 0.15) is 0 Å². The van der Waals surface area contributed by atoms with Gasteiger partial charge in [-0.2, -0.15) is 0 Å². The van der Waals surface area contributed by atoms with Gasteiger partial charge in [-0.25, -0.2) is 0 Å². The summed E-state index contributed by atoms with van der Waals surface area (Å²) in [6.45, 7) is 0. The molecule has 0 N–H and O–H groups in total. The molecule has 0 aliphatic carbocycles. The first-order valence-electron chi connectivity index (χ1n) is 0. The van der Waals surface area contributed by atoms with Gasteiger partial charge in [-0.3, -0.25) is 0 Å². The molecule has 0 bridgehead atoms. The standard InChI is InChI=1S/Al.La.Mg.Zr.5H. The molecule has 0 saturated carbocycles. The first kappa shape index (κ1) is 26.3. The van der Waals surface area contributed by atoms with Crippen molar-refractivity contribution >= 4 is 40.4 Å². The topological polar surface area (TPSA) is 0 Å². The average molecular weight is 286 g/mol. The van der Waals surface area contributed by atoms with Gasteiger partial charge >= 0.3 is 23.1 Å². The second kappa shape index (κ2) is 16.2. The fourth-order valence-corrected chi connectivity index (χ4v) is 0. The van der Waals surface area contributed by atoms with Crippen molar-refractivity contribution in [3.05, 3.63) is 0 Å². The summed E-state index contributed by atoms with van der Waals surface area (Å²) in [6.07, 6.45) is 0. The summed E-state index contributed by atoms with van der Waals surface area (Å²) in [7, 11) is 0. The molecule has 0 aliphatic heterocycles. The minimum Gasteiger partial charge on any atom is 0 e. The summed E-state index contributed by atoms with van der Waals surface area (Å²) in [6, 6.07) is 0. The third-order valence-corrected chi connectivity index (χ3v) is 0. The summed E-state index contributed by atoms with van der Waals surface area (Å²) < 4.78 is 0. The van der Waals surface area contributed by atoms with Crippen LogP contribution in [0.5, 0.6) is 0 Å². The summed E-state index contributed by atoms with van der Waals surface area (Å²) in [5, 5.41) is 0. The molecule has 0 aromatic rings. The third-order valence-electron chi connectivity index (χ3n) is 0. The number of hydrogen-bond acceptors (Lipinski definition) is 0. The Labute approximate surface area is 99.9 Å². The molecule has 0 fully saturated rings. The van der Waals surface area contributed by atoms with E-state index >= 15 is 0 Å². The Morgan fingerprint density at radius 2 is 1.00 bits per heavy atom. The maximum absolute atomic E-state index is 0. The van der Waals surface area contributed by atoms with Crippen LogP contribution in [0, 0.1) is 35.6 Å². The molecular weight excluding hydrogens is 281 g/mol. The SMILES string of the molecule is [AlH3].[La].[MgH2].[Zr]. The first-order chi connectivity index (χ1) is 0. The fourth-order valence-electron chi connectivity index (χ4n) is 0. The van der Waals surface area contributed by atoms with Crippen LogP contribution in [0.3, 0.4) is 0 Å². The maximum atomic E-state index is 0. The van der Waals surface area contributed by atoms with Crippen molar-refractivity contribution in [2.45, 2.75) is 0 Å². The van der Waals surface area contributed by atoms with E-state index in [1.807, 2.05) is 0 Å². The molecule has 0 aliphatic rings. The summed E-state index contributed by atoms with van der Waals surface area (Å²) >= 11 is 0. The van der Waals surface area contributed by atoms with Crippen LogP contribution in [0.4, 0.5) is 0 Å². The molecule has 1 radical (unpaired) electrons. The molecule has 0 saturated heterocycles. The quantitative estimate of drug-likeness (QED) is 0.448. The molecular formula is H5AlLaMgZr. The molecule has 0 rings (SSSR count). The van der Waals surface area contributed by atoms with E-state index in [0.29, 0.717) is 0 Å². The second-order valence-electron chi connectivity index (χ2n) is 0. The molecule has 0 aromatic heterocycles. The van der Waals surface area contributed by atoms with Crippen LogP contribution in [0.25, 0.3) is 0 Å². The van der Waals surface area contributed by atoms with Gasteiger partial charge in [-0.15, -0.1) is 0 Å². The predicted octanol–water partition coefficient (Wildman–Crippen LogP) is -2.10. The normalized spacial score (nSPS) is 0. The van der Waals surface area contributed by atoms with Gasteiger partial charge in [0.2, 0.25) is 0 Å². The second-order valence-corrected chi connectivity index (χ2v) is 0. The van der Waals surface area contributed by atoms with Gasteiger partial charge in [-0.05, 0) is 0 Å². The Hall–Kier alpha value is 3.38. The third kappa shape index (κ3) is 9.03. The van der Waals surface area contributed by atoms with E-state index in [-0.39, 0.29) is 102 Å². The van der Waals surface area contributed by atoms with Gasteiger partial charge < -0.3 is 0 Å². The largest absolute Gasteiger partial charge is 0.316 e. The molecule has 0 heterocycles. The van der Waals surface area contributed by atoms with Crippen LogP contribution in [-0.2, 0) is 26.2 Å². The van der Waals surface area contributed by atoms with Crippen molar-refractivity contribution in [1.82, 2.24) is 0 Å². The Balaban J connectivity index is 0. The van der Waals surface area contributed by atoms with Crippen molar-refractivity contribution in [2.24, 2.45) is 0 Å². The van der Waals surface area contributed by atoms with Gasteiger partial charge in [0.1, 0.15) is 0 Å². The molecule has 0 nitrogen and oxygen atoms in total. The molecule has 0 spiro atoms. The van der Waals surface area contributed by atoms with Gasteiger partial charge in [0.25, 0.3) is 0 Å². The van der Waals surface area contributed by atoms with Crippen molar-refractivity contribution < 1.29 is 61.8 Å². The minimum absolute atomic E-state index is 0. The van der Waals surface area contributed by atoms with Gasteiger partial charge in [0.05, 0.1) is 0 Å². The van der Waals surface area contributed by atoms with Crippen LogP contribution < -0.4 is 0 Å². The Morgan fingerprint density at radius 3 is 1.00 bits per heavy atom. The Morgan fingerprint density at radius 1 is 1.00 bits per heavy atom. The van der Waals surface area contributed by atoms with E-state index in [0.717, 1.165) is 0 Å². The van der Waals surface area contributed by atoms with Crippen LogP contribution in [-0.4, -0.2) is 40.4 Å². The van der Waals surface area contributed by atoms with Crippen molar-refractivity contribution in [2.75, 3.05) is 0 Å². The Bertz CT molecular complexity index is 8.00. The average Bonchev–Trinajstić information content (AvgIpc) is 0. The number of rotatable bonds is 0. The van der Waals surface area contributed by atoms with E-state index in [9.17, 15) is 0 Å². The van der Waals surface area contributed by atoms with Crippen LogP contribution >= 0.6 is 0 Å². The minimum atomic E-state index is 0. The van der Waals surface area contributed by atoms with Crippen molar-refractivity contribution in [3.63, 3.8) is 0 Å². The molecule has 4 heavy (non-hydrogen) atoms. The predicted molar refractivity (Wildman–Crippen MR) is 18.5 cm³/mol. The molecule has 17 valence electrons. The van der Waals surface area contributed by atoms with Crippen molar-refractivity contribution in [1.29, 1.82) is 0 Å². The number of hydrogen-bond donors (Lipinski definition) is 0. The smallest absolute Gasteiger partial charge is 0 e. The zero-order valence-corrected chi connectivity index (χ0v) is 7.16. The monoisotopic (exact) mass is 285 g/mol. The zero-order chi connectivity index (χ0) is 0. The summed E-state index contributed by atoms with van der Waals surface area (Å²) in [4.78, 5) is 0. The van der Waals surface area contributed by atoms with Gasteiger partial charge in [0, 0.05) is 61.8 Å². The van der Waals surface area contributed by atoms with Crippen molar-refractivity contribution in [3.8, 4) is 0 Å². The first-order valence-corrected chi connectivity index (χ1v) is 0. The molecule has 0 unspecified atom stereocenters. The maximum Gasteiger partial charge on any atom is 0.316 e. The van der Waals surface area contributed by atoms with Crippen LogP contribution in [0.2, 0.25) is 0 Å². The zero-order valence-electron chi connectivity index (χ0n) is 1.08. The summed E-state index contributed by atoms with van der Waals surface area (Å²) in [5.41, 5.74) is 0. The summed E-state index contributed by atoms with van der Waals surface area (Å²) in [5.74, 6) is 0. The Kier molecular flexibility index (Phi) is 106. The van der Waals surface area contributed by atoms with Crippen LogP contribution in [0.15, 0.2) is 0 Å². The van der Waals surface area contributed by atoms with E-state index in [4.69, 9.17) is 0 Å². The molecule has 0 aromatic carbocycles. The molecule has 0 amide bonds. The fraction of sp³-hybridized carbons (Fsp3) is 0. The molecule has 4 heteroatoms. The van der Waals surface area contributed by atoms with E-state index < -0.39 is 0 Å². The van der Waals surface area contributed by atoms with E-state index in [1.54, 1.807) is 0 Å². The molecule has 0 atom stereocenters.